The minimum absolute atomic E-state index is 0.583. The Morgan fingerprint density at radius 1 is 1.41 bits per heavy atom. The zero-order chi connectivity index (χ0) is 15.6. The van der Waals surface area contributed by atoms with E-state index in [4.69, 9.17) is 11.6 Å². The summed E-state index contributed by atoms with van der Waals surface area (Å²) in [4.78, 5) is 0. The highest BCUT2D eigenvalue weighted by Gasteiger charge is 2.31. The van der Waals surface area contributed by atoms with Crippen molar-refractivity contribution < 1.29 is 5.11 Å². The van der Waals surface area contributed by atoms with E-state index in [1.165, 1.54) is 0 Å². The molecule has 1 unspecified atom stereocenters. The van der Waals surface area contributed by atoms with E-state index in [0.717, 1.165) is 34.9 Å². The Hall–Kier alpha value is -1.01. The summed E-state index contributed by atoms with van der Waals surface area (Å²) in [6.07, 6.45) is 0.848. The lowest BCUT2D eigenvalue weighted by Gasteiger charge is -2.21. The molecule has 1 aliphatic rings. The molecule has 1 aromatic carbocycles. The molecule has 1 aliphatic heterocycles. The first-order chi connectivity index (χ1) is 10.6. The Kier molecular flexibility index (Phi) is 4.78. The van der Waals surface area contributed by atoms with Gasteiger partial charge in [-0.3, -0.25) is 0 Å². The second-order valence-electron chi connectivity index (χ2n) is 5.73. The minimum atomic E-state index is -0.583. The fraction of sp³-hybridized carbons (Fsp3) is 0.438. The van der Waals surface area contributed by atoms with Gasteiger partial charge in [0.15, 0.2) is 0 Å². The molecular weight excluding hydrogens is 318 g/mol. The zero-order valence-electron chi connectivity index (χ0n) is 12.6. The van der Waals surface area contributed by atoms with Crippen LogP contribution in [-0.4, -0.2) is 38.5 Å². The summed E-state index contributed by atoms with van der Waals surface area (Å²) in [5.74, 6) is 1.83. The number of hydrogen-bond donors (Lipinski definition) is 2. The van der Waals surface area contributed by atoms with Crippen LogP contribution in [0.25, 0.3) is 5.69 Å². The minimum Gasteiger partial charge on any atom is -0.388 e. The van der Waals surface area contributed by atoms with Gasteiger partial charge in [-0.05, 0) is 31.2 Å². The van der Waals surface area contributed by atoms with Crippen molar-refractivity contribution in [3.63, 3.8) is 0 Å². The molecular formula is C16H20ClN3OS. The Labute approximate surface area is 139 Å². The van der Waals surface area contributed by atoms with Gasteiger partial charge < -0.3 is 10.4 Å². The monoisotopic (exact) mass is 337 g/mol. The summed E-state index contributed by atoms with van der Waals surface area (Å²) < 4.78 is 1.76. The summed E-state index contributed by atoms with van der Waals surface area (Å²) in [7, 11) is 0. The van der Waals surface area contributed by atoms with E-state index >= 15 is 0 Å². The topological polar surface area (TPSA) is 50.1 Å². The van der Waals surface area contributed by atoms with Gasteiger partial charge in [0.25, 0.3) is 0 Å². The number of benzene rings is 1. The maximum atomic E-state index is 10.4. The molecule has 0 aliphatic carbocycles. The average molecular weight is 338 g/mol. The van der Waals surface area contributed by atoms with E-state index < -0.39 is 5.60 Å². The van der Waals surface area contributed by atoms with Gasteiger partial charge in [0.05, 0.1) is 17.0 Å². The number of nitrogens with one attached hydrogen (secondary N) is 1. The maximum absolute atomic E-state index is 10.4. The normalized spacial score (nSPS) is 21.4. The number of aliphatic hydroxyl groups is 1. The molecule has 22 heavy (non-hydrogen) atoms. The van der Waals surface area contributed by atoms with E-state index in [1.54, 1.807) is 16.4 Å². The van der Waals surface area contributed by atoms with E-state index in [0.29, 0.717) is 18.2 Å². The summed E-state index contributed by atoms with van der Waals surface area (Å²) in [6, 6.07) is 9.86. The lowest BCUT2D eigenvalue weighted by molar-refractivity contribution is 0.0674. The van der Waals surface area contributed by atoms with Crippen molar-refractivity contribution in [2.24, 2.45) is 0 Å². The van der Waals surface area contributed by atoms with E-state index in [1.807, 2.05) is 37.3 Å². The predicted octanol–water partition coefficient (Wildman–Crippen LogP) is 2.79. The van der Waals surface area contributed by atoms with Crippen LogP contribution in [0.1, 0.15) is 17.7 Å². The Bertz CT molecular complexity index is 638. The average Bonchev–Trinajstić information content (AvgIpc) is 3.07. The number of aromatic nitrogens is 2. The lowest BCUT2D eigenvalue weighted by atomic mass is 10.0. The molecule has 0 bridgehead atoms. The van der Waals surface area contributed by atoms with E-state index in [2.05, 4.69) is 10.4 Å². The van der Waals surface area contributed by atoms with Crippen LogP contribution in [0.4, 0.5) is 0 Å². The second-order valence-corrected chi connectivity index (χ2v) is 7.20. The van der Waals surface area contributed by atoms with E-state index in [9.17, 15) is 5.11 Å². The van der Waals surface area contributed by atoms with Crippen LogP contribution in [0.5, 0.6) is 0 Å². The number of para-hydroxylation sites is 1. The fourth-order valence-electron chi connectivity index (χ4n) is 2.63. The third kappa shape index (κ3) is 3.33. The summed E-state index contributed by atoms with van der Waals surface area (Å²) >= 11 is 8.29. The van der Waals surface area contributed by atoms with Crippen molar-refractivity contribution in [3.05, 3.63) is 46.7 Å². The molecule has 118 valence electrons. The zero-order valence-corrected chi connectivity index (χ0v) is 14.1. The van der Waals surface area contributed by atoms with Crippen molar-refractivity contribution in [1.29, 1.82) is 0 Å². The Morgan fingerprint density at radius 2 is 2.18 bits per heavy atom. The third-order valence-electron chi connectivity index (χ3n) is 3.96. The van der Waals surface area contributed by atoms with Gasteiger partial charge in [0.2, 0.25) is 0 Å². The highest BCUT2D eigenvalue weighted by atomic mass is 35.5. The summed E-state index contributed by atoms with van der Waals surface area (Å²) in [6.45, 7) is 3.17. The van der Waals surface area contributed by atoms with Gasteiger partial charge in [-0.25, -0.2) is 4.68 Å². The van der Waals surface area contributed by atoms with Crippen molar-refractivity contribution in [3.8, 4) is 5.69 Å². The number of halogens is 1. The molecule has 3 rings (SSSR count). The molecule has 0 amide bonds. The molecule has 1 aromatic heterocycles. The smallest absolute Gasteiger partial charge is 0.137 e. The molecule has 2 N–H and O–H groups in total. The maximum Gasteiger partial charge on any atom is 0.137 e. The predicted molar refractivity (Wildman–Crippen MR) is 91.9 cm³/mol. The third-order valence-corrected chi connectivity index (χ3v) is 5.58. The molecule has 1 saturated heterocycles. The molecule has 2 heterocycles. The molecule has 1 fully saturated rings. The van der Waals surface area contributed by atoms with Gasteiger partial charge in [-0.15, -0.1) is 0 Å². The van der Waals surface area contributed by atoms with Crippen LogP contribution in [0, 0.1) is 6.92 Å². The van der Waals surface area contributed by atoms with Crippen LogP contribution in [0.15, 0.2) is 30.3 Å². The summed E-state index contributed by atoms with van der Waals surface area (Å²) in [5, 5.41) is 18.8. The Morgan fingerprint density at radius 3 is 2.86 bits per heavy atom. The van der Waals surface area contributed by atoms with Crippen molar-refractivity contribution in [1.82, 2.24) is 15.1 Å². The van der Waals surface area contributed by atoms with Crippen LogP contribution in [-0.2, 0) is 6.54 Å². The number of rotatable bonds is 5. The molecule has 4 nitrogen and oxygen atoms in total. The lowest BCUT2D eigenvalue weighted by Crippen LogP contribution is -2.40. The molecule has 0 radical (unpaired) electrons. The standard InChI is InChI=1S/C16H20ClN3OS/c1-12-14(9-18-10-16(21)7-8-22-11-16)15(17)20(19-12)13-5-3-2-4-6-13/h2-6,18,21H,7-11H2,1H3. The molecule has 0 saturated carbocycles. The molecule has 6 heteroatoms. The van der Waals surface area contributed by atoms with Crippen LogP contribution >= 0.6 is 23.4 Å². The van der Waals surface area contributed by atoms with Crippen molar-refractivity contribution in [2.75, 3.05) is 18.1 Å². The van der Waals surface area contributed by atoms with Gasteiger partial charge in [0.1, 0.15) is 5.15 Å². The molecule has 1 atom stereocenters. The molecule has 2 aromatic rings. The number of nitrogens with zero attached hydrogens (tertiary/aromatic N) is 2. The van der Waals surface area contributed by atoms with Gasteiger partial charge in [-0.1, -0.05) is 29.8 Å². The van der Waals surface area contributed by atoms with Crippen LogP contribution in [0.3, 0.4) is 0 Å². The molecule has 0 spiro atoms. The van der Waals surface area contributed by atoms with E-state index in [-0.39, 0.29) is 0 Å². The first-order valence-electron chi connectivity index (χ1n) is 7.39. The number of aryl methyl sites for hydroxylation is 1. The first kappa shape index (κ1) is 15.9. The largest absolute Gasteiger partial charge is 0.388 e. The van der Waals surface area contributed by atoms with Crippen molar-refractivity contribution >= 4 is 23.4 Å². The SMILES string of the molecule is Cc1nn(-c2ccccc2)c(Cl)c1CNCC1(O)CCSC1. The second kappa shape index (κ2) is 6.62. The van der Waals surface area contributed by atoms with Crippen LogP contribution < -0.4 is 5.32 Å². The highest BCUT2D eigenvalue weighted by Crippen LogP contribution is 2.28. The van der Waals surface area contributed by atoms with Gasteiger partial charge in [0, 0.05) is 24.4 Å². The van der Waals surface area contributed by atoms with Gasteiger partial charge in [-0.2, -0.15) is 16.9 Å². The van der Waals surface area contributed by atoms with Crippen LogP contribution in [0.2, 0.25) is 5.15 Å². The van der Waals surface area contributed by atoms with Crippen molar-refractivity contribution in [2.45, 2.75) is 25.5 Å². The number of hydrogen-bond acceptors (Lipinski definition) is 4. The fourth-order valence-corrected chi connectivity index (χ4v) is 4.26. The first-order valence-corrected chi connectivity index (χ1v) is 8.93. The number of thioether (sulfide) groups is 1. The summed E-state index contributed by atoms with van der Waals surface area (Å²) in [5.41, 5.74) is 2.27. The quantitative estimate of drug-likeness (QED) is 0.881. The highest BCUT2D eigenvalue weighted by molar-refractivity contribution is 7.99. The van der Waals surface area contributed by atoms with Gasteiger partial charge >= 0.3 is 0 Å². The Balaban J connectivity index is 1.70.